The molecule has 1 heteroatoms. The Labute approximate surface area is 308 Å². The summed E-state index contributed by atoms with van der Waals surface area (Å²) in [7, 11) is 0. The Bertz CT molecular complexity index is 2940. The lowest BCUT2D eigenvalue weighted by Gasteiger charge is -2.61. The molecule has 9 aromatic rings. The summed E-state index contributed by atoms with van der Waals surface area (Å²) >= 11 is 0. The molecule has 5 aliphatic carbocycles. The number of fused-ring (bicyclic) bond motifs is 10. The Morgan fingerprint density at radius 3 is 1.66 bits per heavy atom. The Hall–Kier alpha value is -5.66. The fourth-order valence-corrected chi connectivity index (χ4v) is 12.8. The van der Waals surface area contributed by atoms with Crippen LogP contribution in [-0.4, -0.2) is 0 Å². The van der Waals surface area contributed by atoms with Gasteiger partial charge in [-0.05, 0) is 157 Å². The summed E-state index contributed by atoms with van der Waals surface area (Å²) in [6.45, 7) is 0. The molecule has 1 heterocycles. The highest BCUT2D eigenvalue weighted by molar-refractivity contribution is 6.22. The molecular formula is C52H38O. The Morgan fingerprint density at radius 2 is 0.962 bits per heavy atom. The molecule has 0 atom stereocenters. The van der Waals surface area contributed by atoms with Gasteiger partial charge in [0.15, 0.2) is 0 Å². The molecule has 4 fully saturated rings. The second-order valence-electron chi connectivity index (χ2n) is 16.8. The van der Waals surface area contributed by atoms with Gasteiger partial charge in [-0.15, -0.1) is 0 Å². The van der Waals surface area contributed by atoms with Gasteiger partial charge in [-0.1, -0.05) is 121 Å². The van der Waals surface area contributed by atoms with E-state index in [0.29, 0.717) is 0 Å². The third kappa shape index (κ3) is 3.68. The summed E-state index contributed by atoms with van der Waals surface area (Å²) in [6.07, 6.45) is 7.06. The minimum Gasteiger partial charge on any atom is -0.456 e. The molecule has 0 amide bonds. The second-order valence-corrected chi connectivity index (χ2v) is 16.8. The highest BCUT2D eigenvalue weighted by Gasteiger charge is 2.61. The molecule has 0 aliphatic heterocycles. The zero-order valence-electron chi connectivity index (χ0n) is 29.6. The molecule has 53 heavy (non-hydrogen) atoms. The summed E-state index contributed by atoms with van der Waals surface area (Å²) in [5.41, 5.74) is 13.4. The van der Waals surface area contributed by atoms with Crippen molar-refractivity contribution in [3.63, 3.8) is 0 Å². The number of furan rings is 1. The van der Waals surface area contributed by atoms with Crippen LogP contribution in [0.5, 0.6) is 0 Å². The molecule has 0 saturated heterocycles. The van der Waals surface area contributed by atoms with Gasteiger partial charge < -0.3 is 4.42 Å². The molecule has 14 rings (SSSR count). The highest BCUT2D eigenvalue weighted by atomic mass is 16.3. The molecule has 1 aromatic heterocycles. The normalized spacial score (nSPS) is 23.9. The van der Waals surface area contributed by atoms with Crippen molar-refractivity contribution in [1.29, 1.82) is 0 Å². The number of hydrogen-bond donors (Lipinski definition) is 0. The van der Waals surface area contributed by atoms with Crippen LogP contribution in [0, 0.1) is 23.7 Å². The molecule has 8 aromatic carbocycles. The molecular weight excluding hydrogens is 641 g/mol. The molecule has 4 saturated carbocycles. The summed E-state index contributed by atoms with van der Waals surface area (Å²) in [6, 6.07) is 55.1. The van der Waals surface area contributed by atoms with Crippen molar-refractivity contribution in [2.45, 2.75) is 37.5 Å². The maximum absolute atomic E-state index is 6.42. The lowest BCUT2D eigenvalue weighted by Crippen LogP contribution is -2.55. The number of rotatable bonds is 2. The van der Waals surface area contributed by atoms with Gasteiger partial charge in [0, 0.05) is 16.2 Å². The average molecular weight is 679 g/mol. The Kier molecular flexibility index (Phi) is 5.59. The van der Waals surface area contributed by atoms with E-state index in [2.05, 4.69) is 140 Å². The molecule has 1 nitrogen and oxygen atoms in total. The van der Waals surface area contributed by atoms with E-state index in [0.717, 1.165) is 40.2 Å². The van der Waals surface area contributed by atoms with Gasteiger partial charge in [0.25, 0.3) is 0 Å². The SMILES string of the molecule is c1ccc2c(c1)-c1ccc3ccc(-c4c5ccccc5c(-c5ccc6c(c5)oc5ccccc56)c5ccccc45)cc3c1C21C2CC3CC(C2)CC1C3. The van der Waals surface area contributed by atoms with Crippen molar-refractivity contribution in [2.24, 2.45) is 23.7 Å². The van der Waals surface area contributed by atoms with Gasteiger partial charge in [-0.25, -0.2) is 0 Å². The van der Waals surface area contributed by atoms with E-state index in [1.54, 1.807) is 11.1 Å². The molecule has 0 N–H and O–H groups in total. The van der Waals surface area contributed by atoms with Crippen LogP contribution in [0.2, 0.25) is 0 Å². The van der Waals surface area contributed by atoms with E-state index in [1.165, 1.54) is 103 Å². The summed E-state index contributed by atoms with van der Waals surface area (Å²) in [5, 5.41) is 10.3. The summed E-state index contributed by atoms with van der Waals surface area (Å²) < 4.78 is 6.42. The minimum absolute atomic E-state index is 0.126. The first kappa shape index (κ1) is 28.9. The molecule has 0 radical (unpaired) electrons. The van der Waals surface area contributed by atoms with Crippen LogP contribution in [0.15, 0.2) is 150 Å². The van der Waals surface area contributed by atoms with E-state index in [1.807, 2.05) is 6.07 Å². The summed E-state index contributed by atoms with van der Waals surface area (Å²) in [5.74, 6) is 3.32. The monoisotopic (exact) mass is 678 g/mol. The van der Waals surface area contributed by atoms with Crippen molar-refractivity contribution in [2.75, 3.05) is 0 Å². The lowest BCUT2D eigenvalue weighted by atomic mass is 9.43. The first-order valence-electron chi connectivity index (χ1n) is 19.8. The maximum Gasteiger partial charge on any atom is 0.136 e. The predicted molar refractivity (Wildman–Crippen MR) is 220 cm³/mol. The van der Waals surface area contributed by atoms with Gasteiger partial charge in [0.1, 0.15) is 11.2 Å². The largest absolute Gasteiger partial charge is 0.456 e. The maximum atomic E-state index is 6.42. The van der Waals surface area contributed by atoms with Crippen LogP contribution in [0.25, 0.3) is 87.6 Å². The van der Waals surface area contributed by atoms with Gasteiger partial charge in [0.2, 0.25) is 0 Å². The summed E-state index contributed by atoms with van der Waals surface area (Å²) in [4.78, 5) is 0. The van der Waals surface area contributed by atoms with Gasteiger partial charge in [-0.3, -0.25) is 0 Å². The molecule has 5 aliphatic rings. The number of hydrogen-bond acceptors (Lipinski definition) is 1. The molecule has 252 valence electrons. The van der Waals surface area contributed by atoms with Crippen LogP contribution >= 0.6 is 0 Å². The van der Waals surface area contributed by atoms with Crippen molar-refractivity contribution in [3.05, 3.63) is 157 Å². The second kappa shape index (κ2) is 10.3. The standard InChI is InChI=1S/C52H38O/c1-3-13-42-40(11-1)49(41-12-2-4-14-43(41)50(42)34-20-21-39-38-10-6-8-16-47(38)53-48(39)29-34)33-18-17-32-19-22-44-37-9-5-7-15-46(37)52(51(44)45(32)28-33)35-24-30-23-31(26-35)27-36(52)25-30/h1-22,28-31,35-36H,23-27H2. The smallest absolute Gasteiger partial charge is 0.136 e. The topological polar surface area (TPSA) is 13.1 Å². The molecule has 0 unspecified atom stereocenters. The third-order valence-electron chi connectivity index (χ3n) is 14.4. The van der Waals surface area contributed by atoms with E-state index in [4.69, 9.17) is 4.42 Å². The van der Waals surface area contributed by atoms with Crippen LogP contribution in [0.3, 0.4) is 0 Å². The van der Waals surface area contributed by atoms with Gasteiger partial charge in [0.05, 0.1) is 0 Å². The molecule has 1 spiro atoms. The van der Waals surface area contributed by atoms with Gasteiger partial charge >= 0.3 is 0 Å². The first-order valence-corrected chi connectivity index (χ1v) is 19.8. The van der Waals surface area contributed by atoms with Crippen LogP contribution < -0.4 is 0 Å². The van der Waals surface area contributed by atoms with Crippen molar-refractivity contribution >= 4 is 54.3 Å². The van der Waals surface area contributed by atoms with Crippen LogP contribution in [0.1, 0.15) is 43.2 Å². The van der Waals surface area contributed by atoms with Crippen molar-refractivity contribution < 1.29 is 4.42 Å². The van der Waals surface area contributed by atoms with Crippen LogP contribution in [0.4, 0.5) is 0 Å². The minimum atomic E-state index is 0.126. The van der Waals surface area contributed by atoms with Gasteiger partial charge in [-0.2, -0.15) is 0 Å². The number of benzene rings is 8. The predicted octanol–water partition coefficient (Wildman–Crippen LogP) is 14.1. The van der Waals surface area contributed by atoms with E-state index in [9.17, 15) is 0 Å². The van der Waals surface area contributed by atoms with Crippen molar-refractivity contribution in [3.8, 4) is 33.4 Å². The van der Waals surface area contributed by atoms with E-state index < -0.39 is 0 Å². The van der Waals surface area contributed by atoms with Crippen molar-refractivity contribution in [1.82, 2.24) is 0 Å². The highest BCUT2D eigenvalue weighted by Crippen LogP contribution is 2.70. The third-order valence-corrected chi connectivity index (χ3v) is 14.4. The van der Waals surface area contributed by atoms with E-state index in [-0.39, 0.29) is 5.41 Å². The fourth-order valence-electron chi connectivity index (χ4n) is 12.8. The van der Waals surface area contributed by atoms with E-state index >= 15 is 0 Å². The Morgan fingerprint density at radius 1 is 0.415 bits per heavy atom. The molecule has 4 bridgehead atoms. The fraction of sp³-hybridized carbons (Fsp3) is 0.192. The lowest BCUT2D eigenvalue weighted by molar-refractivity contribution is -0.0393. The first-order chi connectivity index (χ1) is 26.2. The zero-order chi connectivity index (χ0) is 34.4. The quantitative estimate of drug-likeness (QED) is 0.166. The number of para-hydroxylation sites is 1. The zero-order valence-corrected chi connectivity index (χ0v) is 29.6. The van der Waals surface area contributed by atoms with Crippen LogP contribution in [-0.2, 0) is 5.41 Å². The average Bonchev–Trinajstić information content (AvgIpc) is 3.72. The Balaban J connectivity index is 1.08.